The van der Waals surface area contributed by atoms with Crippen molar-refractivity contribution in [2.24, 2.45) is 0 Å². The van der Waals surface area contributed by atoms with Gasteiger partial charge >= 0.3 is 5.97 Å². The number of rotatable bonds is 5. The molecule has 0 saturated carbocycles. The summed E-state index contributed by atoms with van der Waals surface area (Å²) in [5, 5.41) is 2.69. The maximum Gasteiger partial charge on any atom is 0.324 e. The number of nitrogens with one attached hydrogen (secondary N) is 1. The molecule has 7 nitrogen and oxygen atoms in total. The van der Waals surface area contributed by atoms with Gasteiger partial charge in [0.25, 0.3) is 5.91 Å². The Hall–Kier alpha value is -1.93. The normalized spacial score (nSPS) is 18.5. The molecule has 0 unspecified atom stereocenters. The lowest BCUT2D eigenvalue weighted by Gasteiger charge is -2.23. The highest BCUT2D eigenvalue weighted by Crippen LogP contribution is 2.27. The maximum atomic E-state index is 12.8. The van der Waals surface area contributed by atoms with Crippen LogP contribution in [0.4, 0.5) is 0 Å². The Labute approximate surface area is 154 Å². The third-order valence-electron chi connectivity index (χ3n) is 3.96. The van der Waals surface area contributed by atoms with Gasteiger partial charge in [-0.05, 0) is 52.7 Å². The number of hydrogen-bond acceptors (Lipinski definition) is 5. The van der Waals surface area contributed by atoms with Crippen LogP contribution in [0.15, 0.2) is 29.2 Å². The van der Waals surface area contributed by atoms with Gasteiger partial charge in [0.2, 0.25) is 10.0 Å². The zero-order valence-electron chi connectivity index (χ0n) is 15.6. The van der Waals surface area contributed by atoms with Gasteiger partial charge in [-0.15, -0.1) is 0 Å². The molecule has 1 aromatic carbocycles. The van der Waals surface area contributed by atoms with E-state index in [4.69, 9.17) is 4.74 Å². The first-order valence-corrected chi connectivity index (χ1v) is 10.0. The molecule has 0 spiro atoms. The largest absolute Gasteiger partial charge is 0.454 e. The van der Waals surface area contributed by atoms with Crippen molar-refractivity contribution in [2.45, 2.75) is 57.0 Å². The molecule has 0 bridgehead atoms. The van der Waals surface area contributed by atoms with E-state index >= 15 is 0 Å². The minimum absolute atomic E-state index is 0.147. The SMILES string of the molecule is Cc1ccc(S(=O)(=O)N2CCC[C@H]2C(=O)OCC(=O)NC(C)(C)C)cc1. The first-order valence-electron chi connectivity index (χ1n) is 8.57. The van der Waals surface area contributed by atoms with E-state index in [-0.39, 0.29) is 11.4 Å². The maximum absolute atomic E-state index is 12.8. The van der Waals surface area contributed by atoms with Crippen molar-refractivity contribution in [3.63, 3.8) is 0 Å². The molecular formula is C18H26N2O5S. The highest BCUT2D eigenvalue weighted by atomic mass is 32.2. The zero-order chi connectivity index (χ0) is 19.5. The van der Waals surface area contributed by atoms with Gasteiger partial charge in [-0.2, -0.15) is 4.31 Å². The first-order chi connectivity index (χ1) is 12.0. The van der Waals surface area contributed by atoms with Crippen molar-refractivity contribution in [3.8, 4) is 0 Å². The molecule has 0 aromatic heterocycles. The van der Waals surface area contributed by atoms with Gasteiger partial charge in [-0.1, -0.05) is 17.7 Å². The minimum Gasteiger partial charge on any atom is -0.454 e. The van der Waals surface area contributed by atoms with Crippen molar-refractivity contribution in [3.05, 3.63) is 29.8 Å². The third-order valence-corrected chi connectivity index (χ3v) is 5.89. The second kappa shape index (κ2) is 7.75. The number of nitrogens with zero attached hydrogens (tertiary/aromatic N) is 1. The molecule has 1 saturated heterocycles. The Morgan fingerprint density at radius 1 is 1.23 bits per heavy atom. The number of carbonyl (C=O) groups excluding carboxylic acids is 2. The van der Waals surface area contributed by atoms with Crippen molar-refractivity contribution < 1.29 is 22.7 Å². The van der Waals surface area contributed by atoms with Gasteiger partial charge in [0.15, 0.2) is 6.61 Å². The van der Waals surface area contributed by atoms with Crippen molar-refractivity contribution in [2.75, 3.05) is 13.2 Å². The second-order valence-corrected chi connectivity index (χ2v) is 9.38. The average molecular weight is 382 g/mol. The van der Waals surface area contributed by atoms with Crippen molar-refractivity contribution >= 4 is 21.9 Å². The fourth-order valence-electron chi connectivity index (χ4n) is 2.80. The van der Waals surface area contributed by atoms with Gasteiger partial charge in [0.1, 0.15) is 6.04 Å². The van der Waals surface area contributed by atoms with E-state index in [0.717, 1.165) is 5.56 Å². The van der Waals surface area contributed by atoms with Crippen LogP contribution in [0.5, 0.6) is 0 Å². The van der Waals surface area contributed by atoms with Crippen LogP contribution in [-0.2, 0) is 24.3 Å². The molecule has 144 valence electrons. The van der Waals surface area contributed by atoms with Crippen molar-refractivity contribution in [1.82, 2.24) is 9.62 Å². The van der Waals surface area contributed by atoms with E-state index < -0.39 is 40.1 Å². The molecule has 26 heavy (non-hydrogen) atoms. The molecule has 0 aliphatic carbocycles. The molecule has 1 heterocycles. The van der Waals surface area contributed by atoms with E-state index in [1.165, 1.54) is 16.4 Å². The van der Waals surface area contributed by atoms with E-state index in [1.54, 1.807) is 12.1 Å². The lowest BCUT2D eigenvalue weighted by atomic mass is 10.1. The van der Waals surface area contributed by atoms with Crippen LogP contribution in [0.3, 0.4) is 0 Å². The lowest BCUT2D eigenvalue weighted by Crippen LogP contribution is -2.45. The molecule has 2 rings (SSSR count). The number of hydrogen-bond donors (Lipinski definition) is 1. The van der Waals surface area contributed by atoms with Crippen LogP contribution in [0.25, 0.3) is 0 Å². The molecule has 1 fully saturated rings. The van der Waals surface area contributed by atoms with Gasteiger partial charge in [0.05, 0.1) is 4.90 Å². The molecule has 1 N–H and O–H groups in total. The Kier molecular flexibility index (Phi) is 6.08. The number of aryl methyl sites for hydroxylation is 1. The van der Waals surface area contributed by atoms with Crippen LogP contribution < -0.4 is 5.32 Å². The van der Waals surface area contributed by atoms with Crippen molar-refractivity contribution in [1.29, 1.82) is 0 Å². The molecule has 1 aliphatic heterocycles. The van der Waals surface area contributed by atoms with Crippen LogP contribution in [-0.4, -0.2) is 49.3 Å². The Morgan fingerprint density at radius 3 is 2.42 bits per heavy atom. The highest BCUT2D eigenvalue weighted by Gasteiger charge is 2.40. The fourth-order valence-corrected chi connectivity index (χ4v) is 4.44. The topological polar surface area (TPSA) is 92.8 Å². The molecule has 1 atom stereocenters. The number of carbonyl (C=O) groups is 2. The number of amides is 1. The molecular weight excluding hydrogens is 356 g/mol. The summed E-state index contributed by atoms with van der Waals surface area (Å²) in [4.78, 5) is 24.3. The molecule has 1 amide bonds. The summed E-state index contributed by atoms with van der Waals surface area (Å²) in [7, 11) is -3.79. The van der Waals surface area contributed by atoms with Crippen LogP contribution in [0.1, 0.15) is 39.2 Å². The average Bonchev–Trinajstić information content (AvgIpc) is 3.02. The van der Waals surface area contributed by atoms with Gasteiger partial charge in [-0.3, -0.25) is 9.59 Å². The van der Waals surface area contributed by atoms with Gasteiger partial charge in [0, 0.05) is 12.1 Å². The minimum atomic E-state index is -3.79. The second-order valence-electron chi connectivity index (χ2n) is 7.49. The van der Waals surface area contributed by atoms with Crippen LogP contribution in [0, 0.1) is 6.92 Å². The van der Waals surface area contributed by atoms with Crippen LogP contribution >= 0.6 is 0 Å². The summed E-state index contributed by atoms with van der Waals surface area (Å²) in [6, 6.07) is 5.59. The smallest absolute Gasteiger partial charge is 0.324 e. The van der Waals surface area contributed by atoms with Crippen LogP contribution in [0.2, 0.25) is 0 Å². The first kappa shape index (κ1) is 20.4. The van der Waals surface area contributed by atoms with Gasteiger partial charge < -0.3 is 10.1 Å². The quantitative estimate of drug-likeness (QED) is 0.781. The standard InChI is InChI=1S/C18H26N2O5S/c1-13-7-9-14(10-8-13)26(23,24)20-11-5-6-15(20)17(22)25-12-16(21)19-18(2,3)4/h7-10,15H,5-6,11-12H2,1-4H3,(H,19,21)/t15-/m0/s1. The van der Waals surface area contributed by atoms with E-state index in [2.05, 4.69) is 5.32 Å². The molecule has 1 aromatic rings. The molecule has 0 radical (unpaired) electrons. The predicted molar refractivity (Wildman–Crippen MR) is 96.9 cm³/mol. The number of benzene rings is 1. The van der Waals surface area contributed by atoms with Gasteiger partial charge in [-0.25, -0.2) is 8.42 Å². The monoisotopic (exact) mass is 382 g/mol. The Bertz CT molecular complexity index is 766. The molecule has 8 heteroatoms. The summed E-state index contributed by atoms with van der Waals surface area (Å²) in [5.41, 5.74) is 0.517. The van der Waals surface area contributed by atoms with E-state index in [0.29, 0.717) is 12.8 Å². The summed E-state index contributed by atoms with van der Waals surface area (Å²) in [6.07, 6.45) is 0.948. The Balaban J connectivity index is 2.06. The van der Waals surface area contributed by atoms with E-state index in [1.807, 2.05) is 27.7 Å². The highest BCUT2D eigenvalue weighted by molar-refractivity contribution is 7.89. The summed E-state index contributed by atoms with van der Waals surface area (Å²) >= 11 is 0. The Morgan fingerprint density at radius 2 is 1.85 bits per heavy atom. The van der Waals surface area contributed by atoms with E-state index in [9.17, 15) is 18.0 Å². The fraction of sp³-hybridized carbons (Fsp3) is 0.556. The number of sulfonamides is 1. The summed E-state index contributed by atoms with van der Waals surface area (Å²) in [6.45, 7) is 7.16. The lowest BCUT2D eigenvalue weighted by molar-refractivity contribution is -0.152. The number of ether oxygens (including phenoxy) is 1. The zero-order valence-corrected chi connectivity index (χ0v) is 16.4. The third kappa shape index (κ3) is 5.04. The summed E-state index contributed by atoms with van der Waals surface area (Å²) in [5.74, 6) is -1.11. The number of esters is 1. The molecule has 1 aliphatic rings. The summed E-state index contributed by atoms with van der Waals surface area (Å²) < 4.78 is 31.9. The predicted octanol–water partition coefficient (Wildman–Crippen LogP) is 1.61.